The maximum atomic E-state index is 11.9. The molecule has 1 fully saturated rings. The van der Waals surface area contributed by atoms with E-state index in [-0.39, 0.29) is 11.2 Å². The van der Waals surface area contributed by atoms with Crippen LogP contribution >= 0.6 is 11.3 Å². The van der Waals surface area contributed by atoms with Crippen LogP contribution in [0.15, 0.2) is 5.38 Å². The van der Waals surface area contributed by atoms with E-state index in [2.05, 4.69) is 4.98 Å². The highest BCUT2D eigenvalue weighted by atomic mass is 32.2. The summed E-state index contributed by atoms with van der Waals surface area (Å²) in [6, 6.07) is -0.285. The van der Waals surface area contributed by atoms with Gasteiger partial charge in [0.05, 0.1) is 5.69 Å². The molecule has 1 aromatic rings. The SMILES string of the molecule is CC(N)c1csc(N2C(=O)C(C)(C)S2(=O)=O)n1. The summed E-state index contributed by atoms with van der Waals surface area (Å²) in [6.45, 7) is 4.53. The third-order valence-corrected chi connectivity index (χ3v) is 5.98. The van der Waals surface area contributed by atoms with E-state index in [9.17, 15) is 13.2 Å². The molecule has 1 amide bonds. The van der Waals surface area contributed by atoms with Crippen LogP contribution in [0.3, 0.4) is 0 Å². The summed E-state index contributed by atoms with van der Waals surface area (Å²) < 4.78 is 23.2. The number of nitrogens with two attached hydrogens (primary N) is 1. The molecule has 94 valence electrons. The molecular formula is C9H13N3O3S2. The lowest BCUT2D eigenvalue weighted by Crippen LogP contribution is -2.67. The fraction of sp³-hybridized carbons (Fsp3) is 0.556. The summed E-state index contributed by atoms with van der Waals surface area (Å²) in [5.74, 6) is -0.455. The number of nitrogens with zero attached hydrogens (tertiary/aromatic N) is 2. The van der Waals surface area contributed by atoms with Crippen molar-refractivity contribution in [1.82, 2.24) is 4.98 Å². The molecular weight excluding hydrogens is 262 g/mol. The Labute approximate surface area is 103 Å². The van der Waals surface area contributed by atoms with E-state index >= 15 is 0 Å². The van der Waals surface area contributed by atoms with Gasteiger partial charge in [-0.1, -0.05) is 0 Å². The van der Waals surface area contributed by atoms with Gasteiger partial charge >= 0.3 is 0 Å². The first kappa shape index (κ1) is 12.5. The van der Waals surface area contributed by atoms with Gasteiger partial charge in [0.25, 0.3) is 15.9 Å². The monoisotopic (exact) mass is 275 g/mol. The van der Waals surface area contributed by atoms with Gasteiger partial charge in [-0.25, -0.2) is 13.4 Å². The molecule has 1 aromatic heterocycles. The van der Waals surface area contributed by atoms with Gasteiger partial charge in [-0.15, -0.1) is 11.3 Å². The first-order chi connectivity index (χ1) is 7.69. The molecule has 2 rings (SSSR count). The minimum Gasteiger partial charge on any atom is -0.323 e. The molecule has 0 radical (unpaired) electrons. The largest absolute Gasteiger partial charge is 0.323 e. The van der Waals surface area contributed by atoms with Crippen LogP contribution < -0.4 is 10.0 Å². The van der Waals surface area contributed by atoms with Crippen LogP contribution in [0, 0.1) is 0 Å². The topological polar surface area (TPSA) is 93.4 Å². The quantitative estimate of drug-likeness (QED) is 0.854. The van der Waals surface area contributed by atoms with E-state index in [1.54, 1.807) is 12.3 Å². The Kier molecular flexibility index (Phi) is 2.57. The molecule has 1 unspecified atom stereocenters. The summed E-state index contributed by atoms with van der Waals surface area (Å²) in [4.78, 5) is 15.8. The molecule has 2 heterocycles. The number of amides is 1. The number of carbonyl (C=O) groups is 1. The van der Waals surface area contributed by atoms with E-state index in [0.29, 0.717) is 5.69 Å². The first-order valence-corrected chi connectivity index (χ1v) is 7.32. The number of thiazole rings is 1. The van der Waals surface area contributed by atoms with Crippen LogP contribution in [0.25, 0.3) is 0 Å². The van der Waals surface area contributed by atoms with Crippen molar-refractivity contribution in [2.45, 2.75) is 31.6 Å². The Morgan fingerprint density at radius 1 is 1.53 bits per heavy atom. The minimum atomic E-state index is -3.62. The first-order valence-electron chi connectivity index (χ1n) is 5.00. The lowest BCUT2D eigenvalue weighted by molar-refractivity contribution is -0.120. The van der Waals surface area contributed by atoms with E-state index < -0.39 is 20.7 Å². The fourth-order valence-corrected chi connectivity index (χ4v) is 4.00. The summed E-state index contributed by atoms with van der Waals surface area (Å²) in [7, 11) is -3.62. The maximum absolute atomic E-state index is 11.9. The number of hydrogen-bond donors (Lipinski definition) is 1. The van der Waals surface area contributed by atoms with Crippen LogP contribution in [-0.4, -0.2) is 24.1 Å². The lowest BCUT2D eigenvalue weighted by Gasteiger charge is -2.41. The molecule has 0 spiro atoms. The van der Waals surface area contributed by atoms with Crippen molar-refractivity contribution < 1.29 is 13.2 Å². The molecule has 0 saturated carbocycles. The van der Waals surface area contributed by atoms with Crippen molar-refractivity contribution in [3.05, 3.63) is 11.1 Å². The second kappa shape index (κ2) is 3.50. The normalized spacial score (nSPS) is 23.3. The highest BCUT2D eigenvalue weighted by Crippen LogP contribution is 2.40. The minimum absolute atomic E-state index is 0.168. The van der Waals surface area contributed by atoms with E-state index in [1.165, 1.54) is 13.8 Å². The number of sulfonamides is 1. The average molecular weight is 275 g/mol. The van der Waals surface area contributed by atoms with Gasteiger partial charge < -0.3 is 5.73 Å². The molecule has 1 aliphatic rings. The molecule has 2 N–H and O–H groups in total. The summed E-state index contributed by atoms with van der Waals surface area (Å²) in [5, 5.41) is 1.83. The molecule has 0 aromatic carbocycles. The standard InChI is InChI=1S/C9H13N3O3S2/c1-5(10)6-4-16-8(11-6)12-7(13)9(2,3)17(12,14)15/h4-5H,10H2,1-3H3. The van der Waals surface area contributed by atoms with Crippen LogP contribution in [0.4, 0.5) is 5.13 Å². The second-order valence-electron chi connectivity index (χ2n) is 4.43. The Hall–Kier alpha value is -0.990. The van der Waals surface area contributed by atoms with Crippen molar-refractivity contribution >= 4 is 32.4 Å². The number of hydrogen-bond acceptors (Lipinski definition) is 6. The molecule has 1 saturated heterocycles. The number of carbonyl (C=O) groups excluding carboxylic acids is 1. The molecule has 17 heavy (non-hydrogen) atoms. The Bertz CT molecular complexity index is 574. The Morgan fingerprint density at radius 2 is 2.12 bits per heavy atom. The Morgan fingerprint density at radius 3 is 2.53 bits per heavy atom. The van der Waals surface area contributed by atoms with Crippen LogP contribution in [0.1, 0.15) is 32.5 Å². The van der Waals surface area contributed by atoms with Crippen molar-refractivity contribution in [1.29, 1.82) is 0 Å². The molecule has 0 bridgehead atoms. The van der Waals surface area contributed by atoms with E-state index in [4.69, 9.17) is 5.73 Å². The van der Waals surface area contributed by atoms with Crippen molar-refractivity contribution in [3.63, 3.8) is 0 Å². The van der Waals surface area contributed by atoms with Crippen molar-refractivity contribution in [2.24, 2.45) is 5.73 Å². The van der Waals surface area contributed by atoms with Crippen molar-refractivity contribution in [2.75, 3.05) is 4.31 Å². The Balaban J connectivity index is 2.40. The van der Waals surface area contributed by atoms with E-state index in [0.717, 1.165) is 15.6 Å². The number of aromatic nitrogens is 1. The zero-order chi connectivity index (χ0) is 13.0. The molecule has 1 atom stereocenters. The van der Waals surface area contributed by atoms with Crippen LogP contribution in [0.5, 0.6) is 0 Å². The summed E-state index contributed by atoms with van der Waals surface area (Å²) >= 11 is 1.10. The molecule has 6 nitrogen and oxygen atoms in total. The van der Waals surface area contributed by atoms with Gasteiger partial charge in [0.2, 0.25) is 5.13 Å². The molecule has 0 aliphatic carbocycles. The fourth-order valence-electron chi connectivity index (χ4n) is 1.42. The van der Waals surface area contributed by atoms with Crippen LogP contribution in [-0.2, 0) is 14.8 Å². The van der Waals surface area contributed by atoms with Crippen molar-refractivity contribution in [3.8, 4) is 0 Å². The highest BCUT2D eigenvalue weighted by Gasteiger charge is 2.61. The third-order valence-electron chi connectivity index (χ3n) is 2.73. The number of rotatable bonds is 2. The van der Waals surface area contributed by atoms with Gasteiger partial charge in [-0.2, -0.15) is 4.31 Å². The maximum Gasteiger partial charge on any atom is 0.265 e. The molecule has 8 heteroatoms. The smallest absolute Gasteiger partial charge is 0.265 e. The van der Waals surface area contributed by atoms with Gasteiger partial charge in [-0.05, 0) is 20.8 Å². The summed E-state index contributed by atoms with van der Waals surface area (Å²) in [6.07, 6.45) is 0. The predicted molar refractivity (Wildman–Crippen MR) is 65.2 cm³/mol. The lowest BCUT2D eigenvalue weighted by atomic mass is 10.2. The van der Waals surface area contributed by atoms with Gasteiger partial charge in [-0.3, -0.25) is 4.79 Å². The zero-order valence-corrected chi connectivity index (χ0v) is 11.3. The third kappa shape index (κ3) is 1.51. The van der Waals surface area contributed by atoms with Crippen LogP contribution in [0.2, 0.25) is 0 Å². The second-order valence-corrected chi connectivity index (χ2v) is 7.60. The predicted octanol–water partition coefficient (Wildman–Crippen LogP) is 0.618. The van der Waals surface area contributed by atoms with Gasteiger partial charge in [0, 0.05) is 11.4 Å². The summed E-state index contributed by atoms with van der Waals surface area (Å²) in [5.41, 5.74) is 6.21. The highest BCUT2D eigenvalue weighted by molar-refractivity contribution is 7.98. The van der Waals surface area contributed by atoms with Gasteiger partial charge in [0.1, 0.15) is 0 Å². The van der Waals surface area contributed by atoms with E-state index in [1.807, 2.05) is 0 Å². The average Bonchev–Trinajstić information content (AvgIpc) is 2.66. The number of anilines is 1. The molecule has 1 aliphatic heterocycles. The van der Waals surface area contributed by atoms with Gasteiger partial charge in [0.15, 0.2) is 4.75 Å². The zero-order valence-electron chi connectivity index (χ0n) is 9.67.